The number of rotatable bonds is 7. The zero-order valence-electron chi connectivity index (χ0n) is 20.5. The minimum Gasteiger partial charge on any atom is -0.450 e. The molecular formula is C26H26FN3O6S2. The molecule has 0 radical (unpaired) electrons. The third-order valence-electron chi connectivity index (χ3n) is 5.87. The molecule has 0 fully saturated rings. The minimum atomic E-state index is -4.01. The van der Waals surface area contributed by atoms with Crippen LogP contribution in [0.2, 0.25) is 0 Å². The summed E-state index contributed by atoms with van der Waals surface area (Å²) in [5.41, 5.74) is 1.32. The standard InChI is InChI=1S/C26H26FN3O6S2/c1-2-36-26(33)29-24(32)22-20-9-4-3-5-10-21(20)37-25(22)28-23(31)16-7-6-8-18(15-16)30-38(34,35)19-13-11-17(27)12-14-19/h6-8,11-15,30H,2-5,9-10H2,1H3,(H,28,31)(H,29,32,33). The highest BCUT2D eigenvalue weighted by atomic mass is 32.2. The second-order valence-corrected chi connectivity index (χ2v) is 11.3. The molecule has 38 heavy (non-hydrogen) atoms. The van der Waals surface area contributed by atoms with Crippen LogP contribution in [0, 0.1) is 5.82 Å². The molecule has 12 heteroatoms. The van der Waals surface area contributed by atoms with Crippen molar-refractivity contribution < 1.29 is 31.9 Å². The van der Waals surface area contributed by atoms with Crippen molar-refractivity contribution in [2.75, 3.05) is 16.6 Å². The molecule has 3 aromatic rings. The highest BCUT2D eigenvalue weighted by Gasteiger charge is 2.27. The third-order valence-corrected chi connectivity index (χ3v) is 8.47. The highest BCUT2D eigenvalue weighted by molar-refractivity contribution is 7.92. The number of carbonyl (C=O) groups is 3. The number of ether oxygens (including phenoxy) is 1. The molecule has 3 amide bonds. The second kappa shape index (κ2) is 11.7. The molecule has 1 aliphatic carbocycles. The van der Waals surface area contributed by atoms with Crippen LogP contribution in [0.1, 0.15) is 57.3 Å². The van der Waals surface area contributed by atoms with E-state index in [-0.39, 0.29) is 28.3 Å². The highest BCUT2D eigenvalue weighted by Crippen LogP contribution is 2.38. The van der Waals surface area contributed by atoms with Gasteiger partial charge in [0.25, 0.3) is 21.8 Å². The van der Waals surface area contributed by atoms with E-state index in [1.807, 2.05) is 0 Å². The number of hydrogen-bond donors (Lipinski definition) is 3. The maximum Gasteiger partial charge on any atom is 0.414 e. The van der Waals surface area contributed by atoms with Crippen LogP contribution in [-0.2, 0) is 27.6 Å². The molecule has 0 spiro atoms. The summed E-state index contributed by atoms with van der Waals surface area (Å²) < 4.78 is 45.7. The Morgan fingerprint density at radius 2 is 1.74 bits per heavy atom. The number of halogens is 1. The van der Waals surface area contributed by atoms with Crippen LogP contribution in [0.4, 0.5) is 19.9 Å². The number of imide groups is 1. The van der Waals surface area contributed by atoms with Gasteiger partial charge in [0.1, 0.15) is 10.8 Å². The van der Waals surface area contributed by atoms with Crippen LogP contribution in [0.15, 0.2) is 53.4 Å². The smallest absolute Gasteiger partial charge is 0.414 e. The molecule has 0 aliphatic heterocycles. The average molecular weight is 560 g/mol. The van der Waals surface area contributed by atoms with Gasteiger partial charge in [-0.1, -0.05) is 12.5 Å². The molecular weight excluding hydrogens is 533 g/mol. The fourth-order valence-corrected chi connectivity index (χ4v) is 6.45. The lowest BCUT2D eigenvalue weighted by molar-refractivity contribution is 0.0925. The van der Waals surface area contributed by atoms with Gasteiger partial charge in [0.05, 0.1) is 17.1 Å². The lowest BCUT2D eigenvalue weighted by atomic mass is 10.0. The summed E-state index contributed by atoms with van der Waals surface area (Å²) in [4.78, 5) is 38.9. The number of aryl methyl sites for hydroxylation is 1. The zero-order valence-corrected chi connectivity index (χ0v) is 22.1. The monoisotopic (exact) mass is 559 g/mol. The zero-order chi connectivity index (χ0) is 27.3. The molecule has 0 saturated carbocycles. The van der Waals surface area contributed by atoms with Gasteiger partial charge in [-0.05, 0) is 80.6 Å². The number of nitrogens with one attached hydrogen (secondary N) is 3. The van der Waals surface area contributed by atoms with E-state index in [9.17, 15) is 27.2 Å². The van der Waals surface area contributed by atoms with Gasteiger partial charge in [-0.15, -0.1) is 11.3 Å². The second-order valence-electron chi connectivity index (χ2n) is 8.54. The summed E-state index contributed by atoms with van der Waals surface area (Å²) in [5, 5.41) is 5.29. The molecule has 1 aromatic heterocycles. The number of alkyl carbamates (subject to hydrolysis) is 1. The third kappa shape index (κ3) is 6.37. The lowest BCUT2D eigenvalue weighted by Gasteiger charge is -2.11. The van der Waals surface area contributed by atoms with Crippen LogP contribution in [0.5, 0.6) is 0 Å². The number of fused-ring (bicyclic) bond motifs is 1. The van der Waals surface area contributed by atoms with E-state index in [1.54, 1.807) is 6.92 Å². The molecule has 4 rings (SSSR count). The Morgan fingerprint density at radius 3 is 2.47 bits per heavy atom. The quantitative estimate of drug-likeness (QED) is 0.346. The van der Waals surface area contributed by atoms with E-state index in [0.717, 1.165) is 60.4 Å². The van der Waals surface area contributed by atoms with E-state index < -0.39 is 33.7 Å². The maximum atomic E-state index is 13.2. The Hall–Kier alpha value is -3.77. The van der Waals surface area contributed by atoms with Crippen molar-refractivity contribution in [1.29, 1.82) is 0 Å². The summed E-state index contributed by atoms with van der Waals surface area (Å²) in [6.45, 7) is 1.73. The summed E-state index contributed by atoms with van der Waals surface area (Å²) in [7, 11) is -4.01. The van der Waals surface area contributed by atoms with Crippen molar-refractivity contribution in [2.45, 2.75) is 43.9 Å². The summed E-state index contributed by atoms with van der Waals surface area (Å²) >= 11 is 1.29. The molecule has 1 heterocycles. The predicted octanol–water partition coefficient (Wildman–Crippen LogP) is 5.10. The number of thiophene rings is 1. The summed E-state index contributed by atoms with van der Waals surface area (Å²) in [6, 6.07) is 10.2. The predicted molar refractivity (Wildman–Crippen MR) is 142 cm³/mol. The first-order chi connectivity index (χ1) is 18.2. The van der Waals surface area contributed by atoms with Crippen LogP contribution in [0.25, 0.3) is 0 Å². The number of benzene rings is 2. The van der Waals surface area contributed by atoms with Gasteiger partial charge in [-0.3, -0.25) is 19.6 Å². The van der Waals surface area contributed by atoms with Gasteiger partial charge in [0.15, 0.2) is 0 Å². The van der Waals surface area contributed by atoms with E-state index in [2.05, 4.69) is 15.4 Å². The van der Waals surface area contributed by atoms with Crippen LogP contribution < -0.4 is 15.4 Å². The molecule has 0 saturated heterocycles. The number of carbonyl (C=O) groups excluding carboxylic acids is 3. The summed E-state index contributed by atoms with van der Waals surface area (Å²) in [5.74, 6) is -1.78. The van der Waals surface area contributed by atoms with Crippen LogP contribution in [-0.4, -0.2) is 32.9 Å². The van der Waals surface area contributed by atoms with E-state index in [1.165, 1.54) is 35.6 Å². The Labute approximate surface area is 223 Å². The van der Waals surface area contributed by atoms with Crippen molar-refractivity contribution in [3.63, 3.8) is 0 Å². The van der Waals surface area contributed by atoms with Gasteiger partial charge in [-0.2, -0.15) is 0 Å². The molecule has 3 N–H and O–H groups in total. The van der Waals surface area contributed by atoms with Crippen molar-refractivity contribution in [3.05, 3.63) is 75.9 Å². The largest absolute Gasteiger partial charge is 0.450 e. The normalized spacial score (nSPS) is 13.1. The molecule has 0 atom stereocenters. The van der Waals surface area contributed by atoms with Crippen molar-refractivity contribution >= 4 is 50.0 Å². The molecule has 1 aliphatic rings. The van der Waals surface area contributed by atoms with Gasteiger partial charge >= 0.3 is 6.09 Å². The number of amides is 3. The minimum absolute atomic E-state index is 0.103. The Balaban J connectivity index is 1.58. The number of anilines is 2. The van der Waals surface area contributed by atoms with Gasteiger partial charge in [0.2, 0.25) is 0 Å². The SMILES string of the molecule is CCOC(=O)NC(=O)c1c(NC(=O)c2cccc(NS(=O)(=O)c3ccc(F)cc3)c2)sc2c1CCCCC2. The van der Waals surface area contributed by atoms with Crippen LogP contribution in [0.3, 0.4) is 0 Å². The van der Waals surface area contributed by atoms with Crippen molar-refractivity contribution in [3.8, 4) is 0 Å². The van der Waals surface area contributed by atoms with Gasteiger partial charge in [-0.25, -0.2) is 17.6 Å². The fourth-order valence-electron chi connectivity index (χ4n) is 4.12. The topological polar surface area (TPSA) is 131 Å². The van der Waals surface area contributed by atoms with Crippen LogP contribution >= 0.6 is 11.3 Å². The molecule has 0 unspecified atom stereocenters. The van der Waals surface area contributed by atoms with Gasteiger partial charge in [0, 0.05) is 16.1 Å². The first-order valence-corrected chi connectivity index (χ1v) is 14.3. The maximum absolute atomic E-state index is 13.2. The number of hydrogen-bond acceptors (Lipinski definition) is 7. The lowest BCUT2D eigenvalue weighted by Crippen LogP contribution is -2.32. The first kappa shape index (κ1) is 27.3. The molecule has 0 bridgehead atoms. The molecule has 9 nitrogen and oxygen atoms in total. The Morgan fingerprint density at radius 1 is 1.00 bits per heavy atom. The van der Waals surface area contributed by atoms with Gasteiger partial charge < -0.3 is 10.1 Å². The first-order valence-electron chi connectivity index (χ1n) is 12.0. The molecule has 200 valence electrons. The fraction of sp³-hybridized carbons (Fsp3) is 0.269. The van der Waals surface area contributed by atoms with E-state index >= 15 is 0 Å². The summed E-state index contributed by atoms with van der Waals surface area (Å²) in [6.07, 6.45) is 3.39. The van der Waals surface area contributed by atoms with E-state index in [0.29, 0.717) is 11.4 Å². The van der Waals surface area contributed by atoms with E-state index in [4.69, 9.17) is 4.74 Å². The Kier molecular flexibility index (Phi) is 8.42. The Bertz CT molecular complexity index is 1470. The van der Waals surface area contributed by atoms with Crippen molar-refractivity contribution in [1.82, 2.24) is 5.32 Å². The number of sulfonamides is 1. The average Bonchev–Trinajstić information content (AvgIpc) is 3.04. The molecule has 2 aromatic carbocycles. The van der Waals surface area contributed by atoms with Crippen molar-refractivity contribution in [2.24, 2.45) is 0 Å².